The number of rotatable bonds is 6. The van der Waals surface area contributed by atoms with Crippen LogP contribution in [0.3, 0.4) is 0 Å². The molecule has 1 aromatic carbocycles. The normalized spacial score (nSPS) is 16.8. The monoisotopic (exact) mass is 372 g/mol. The molecule has 27 heavy (non-hydrogen) atoms. The number of nitro groups is 1. The minimum Gasteiger partial charge on any atom is -0.494 e. The van der Waals surface area contributed by atoms with Crippen LogP contribution in [0.25, 0.3) is 0 Å². The summed E-state index contributed by atoms with van der Waals surface area (Å²) in [4.78, 5) is 21.6. The molecule has 0 amide bonds. The van der Waals surface area contributed by atoms with Crippen molar-refractivity contribution in [3.05, 3.63) is 34.4 Å². The van der Waals surface area contributed by atoms with Crippen LogP contribution < -0.4 is 20.7 Å². The molecule has 1 aliphatic heterocycles. The molecule has 0 unspecified atom stereocenters. The van der Waals surface area contributed by atoms with E-state index >= 15 is 0 Å². The first kappa shape index (κ1) is 18.7. The zero-order chi connectivity index (χ0) is 19.4. The van der Waals surface area contributed by atoms with E-state index in [9.17, 15) is 10.1 Å². The highest BCUT2D eigenvalue weighted by atomic mass is 16.6. The molecular formula is C18H24N6O3. The summed E-state index contributed by atoms with van der Waals surface area (Å²) in [6.07, 6.45) is 2.18. The van der Waals surface area contributed by atoms with E-state index in [0.29, 0.717) is 24.2 Å². The second-order valence-corrected chi connectivity index (χ2v) is 6.64. The topological polar surface area (TPSA) is 119 Å². The number of nitrogens with two attached hydrogens (primary N) is 1. The van der Waals surface area contributed by atoms with Gasteiger partial charge >= 0.3 is 5.69 Å². The van der Waals surface area contributed by atoms with Crippen LogP contribution in [0.2, 0.25) is 0 Å². The van der Waals surface area contributed by atoms with Crippen LogP contribution >= 0.6 is 0 Å². The van der Waals surface area contributed by atoms with Crippen molar-refractivity contribution in [3.8, 4) is 5.75 Å². The largest absolute Gasteiger partial charge is 0.494 e. The third kappa shape index (κ3) is 4.36. The number of nitrogens with one attached hydrogen (secondary N) is 1. The highest BCUT2D eigenvalue weighted by Crippen LogP contribution is 2.33. The van der Waals surface area contributed by atoms with Crippen LogP contribution in [-0.2, 0) is 0 Å². The van der Waals surface area contributed by atoms with E-state index < -0.39 is 4.92 Å². The maximum atomic E-state index is 11.5. The van der Waals surface area contributed by atoms with Gasteiger partial charge in [-0.05, 0) is 49.9 Å². The van der Waals surface area contributed by atoms with Crippen LogP contribution in [0.1, 0.15) is 26.7 Å². The minimum atomic E-state index is -0.561. The lowest BCUT2D eigenvalue weighted by atomic mass is 10.0. The van der Waals surface area contributed by atoms with Gasteiger partial charge in [0.1, 0.15) is 5.75 Å². The molecule has 3 rings (SSSR count). The molecule has 0 spiro atoms. The molecule has 2 heterocycles. The Kier molecular flexibility index (Phi) is 5.58. The number of ether oxygens (including phenoxy) is 1. The third-order valence-electron chi connectivity index (χ3n) is 4.45. The zero-order valence-electron chi connectivity index (χ0n) is 15.5. The highest BCUT2D eigenvalue weighted by molar-refractivity contribution is 5.74. The van der Waals surface area contributed by atoms with Gasteiger partial charge in [-0.1, -0.05) is 6.92 Å². The lowest BCUT2D eigenvalue weighted by Gasteiger charge is -2.31. The van der Waals surface area contributed by atoms with Crippen LogP contribution in [0, 0.1) is 16.0 Å². The first-order chi connectivity index (χ1) is 13.0. The number of aromatic nitrogens is 2. The number of anilines is 4. The van der Waals surface area contributed by atoms with Gasteiger partial charge in [-0.3, -0.25) is 10.1 Å². The summed E-state index contributed by atoms with van der Waals surface area (Å²) in [7, 11) is 0. The van der Waals surface area contributed by atoms with E-state index in [2.05, 4.69) is 22.2 Å². The van der Waals surface area contributed by atoms with Crippen LogP contribution in [0.5, 0.6) is 5.75 Å². The summed E-state index contributed by atoms with van der Waals surface area (Å²) in [5, 5.41) is 14.5. The average molecular weight is 372 g/mol. The summed E-state index contributed by atoms with van der Waals surface area (Å²) in [5.74, 6) is 1.60. The summed E-state index contributed by atoms with van der Waals surface area (Å²) in [6.45, 7) is 6.25. The Morgan fingerprint density at radius 2 is 2.11 bits per heavy atom. The highest BCUT2D eigenvalue weighted by Gasteiger charge is 2.26. The Bertz CT molecular complexity index is 811. The molecule has 144 valence electrons. The number of hydrogen-bond acceptors (Lipinski definition) is 8. The fourth-order valence-electron chi connectivity index (χ4n) is 3.18. The molecule has 2 aromatic rings. The molecule has 0 radical (unpaired) electrons. The van der Waals surface area contributed by atoms with Gasteiger partial charge in [-0.25, -0.2) is 0 Å². The number of nitrogens with zero attached hydrogens (tertiary/aromatic N) is 4. The summed E-state index contributed by atoms with van der Waals surface area (Å²) < 4.78 is 5.41. The molecule has 9 nitrogen and oxygen atoms in total. The Labute approximate surface area is 157 Å². The summed E-state index contributed by atoms with van der Waals surface area (Å²) in [6, 6.07) is 7.12. The standard InChI is InChI=1S/C18H24N6O3/c1-3-27-14-8-6-13(7-9-14)20-17-15(24(25)26)16(19)21-18(22-17)23-10-4-5-12(2)11-23/h6-9,12H,3-5,10-11H2,1-2H3,(H3,19,20,21,22)/t12-/m0/s1. The Hall–Kier alpha value is -3.10. The van der Waals surface area contributed by atoms with Crippen molar-refractivity contribution in [2.75, 3.05) is 35.6 Å². The van der Waals surface area contributed by atoms with Crippen molar-refractivity contribution in [2.24, 2.45) is 5.92 Å². The molecule has 0 saturated carbocycles. The van der Waals surface area contributed by atoms with Crippen LogP contribution in [0.15, 0.2) is 24.3 Å². The first-order valence-corrected chi connectivity index (χ1v) is 9.04. The summed E-state index contributed by atoms with van der Waals surface area (Å²) >= 11 is 0. The maximum Gasteiger partial charge on any atom is 0.353 e. The van der Waals surface area contributed by atoms with Gasteiger partial charge in [-0.15, -0.1) is 0 Å². The van der Waals surface area contributed by atoms with Gasteiger partial charge in [0.2, 0.25) is 17.6 Å². The van der Waals surface area contributed by atoms with Gasteiger partial charge in [0.25, 0.3) is 0 Å². The Balaban J connectivity index is 1.92. The molecule has 1 aromatic heterocycles. The third-order valence-corrected chi connectivity index (χ3v) is 4.45. The lowest BCUT2D eigenvalue weighted by Crippen LogP contribution is -2.35. The predicted molar refractivity (Wildman–Crippen MR) is 105 cm³/mol. The Morgan fingerprint density at radius 3 is 2.74 bits per heavy atom. The van der Waals surface area contributed by atoms with Crippen LogP contribution in [0.4, 0.5) is 29.0 Å². The van der Waals surface area contributed by atoms with Crippen molar-refractivity contribution in [3.63, 3.8) is 0 Å². The van der Waals surface area contributed by atoms with Gasteiger partial charge < -0.3 is 20.7 Å². The zero-order valence-corrected chi connectivity index (χ0v) is 15.5. The molecule has 0 bridgehead atoms. The van der Waals surface area contributed by atoms with E-state index in [1.54, 1.807) is 24.3 Å². The number of nitrogen functional groups attached to an aromatic ring is 1. The second kappa shape index (κ2) is 8.07. The molecule has 0 aliphatic carbocycles. The molecule has 1 fully saturated rings. The lowest BCUT2D eigenvalue weighted by molar-refractivity contribution is -0.383. The SMILES string of the molecule is CCOc1ccc(Nc2nc(N3CCC[C@H](C)C3)nc(N)c2[N+](=O)[O-])cc1. The van der Waals surface area contributed by atoms with Crippen LogP contribution in [-0.4, -0.2) is 34.6 Å². The maximum absolute atomic E-state index is 11.5. The number of piperidine rings is 1. The van der Waals surface area contributed by atoms with E-state index in [0.717, 1.165) is 31.7 Å². The molecule has 1 atom stereocenters. The average Bonchev–Trinajstić information content (AvgIpc) is 2.63. The van der Waals surface area contributed by atoms with Gasteiger partial charge in [0.05, 0.1) is 11.5 Å². The fraction of sp³-hybridized carbons (Fsp3) is 0.444. The van der Waals surface area contributed by atoms with Crippen molar-refractivity contribution in [2.45, 2.75) is 26.7 Å². The second-order valence-electron chi connectivity index (χ2n) is 6.64. The van der Waals surface area contributed by atoms with E-state index in [4.69, 9.17) is 10.5 Å². The van der Waals surface area contributed by atoms with Gasteiger partial charge in [-0.2, -0.15) is 9.97 Å². The van der Waals surface area contributed by atoms with Gasteiger partial charge in [0, 0.05) is 18.8 Å². The van der Waals surface area contributed by atoms with Crippen molar-refractivity contribution in [1.82, 2.24) is 9.97 Å². The summed E-state index contributed by atoms with van der Waals surface area (Å²) in [5.41, 5.74) is 6.23. The van der Waals surface area contributed by atoms with Gasteiger partial charge in [0.15, 0.2) is 0 Å². The predicted octanol–water partition coefficient (Wildman–Crippen LogP) is 3.35. The number of benzene rings is 1. The quantitative estimate of drug-likeness (QED) is 0.585. The minimum absolute atomic E-state index is 0.0879. The molecule has 3 N–H and O–H groups in total. The van der Waals surface area contributed by atoms with Crippen molar-refractivity contribution >= 4 is 29.0 Å². The molecule has 1 saturated heterocycles. The fourth-order valence-corrected chi connectivity index (χ4v) is 3.18. The van der Waals surface area contributed by atoms with E-state index in [1.807, 2.05) is 11.8 Å². The van der Waals surface area contributed by atoms with Crippen molar-refractivity contribution in [1.29, 1.82) is 0 Å². The Morgan fingerprint density at radius 1 is 1.37 bits per heavy atom. The molecule has 9 heteroatoms. The smallest absolute Gasteiger partial charge is 0.353 e. The van der Waals surface area contributed by atoms with E-state index in [-0.39, 0.29) is 17.3 Å². The molecular weight excluding hydrogens is 348 g/mol. The number of hydrogen-bond donors (Lipinski definition) is 2. The van der Waals surface area contributed by atoms with E-state index in [1.165, 1.54) is 0 Å². The molecule has 1 aliphatic rings. The van der Waals surface area contributed by atoms with Crippen molar-refractivity contribution < 1.29 is 9.66 Å². The first-order valence-electron chi connectivity index (χ1n) is 9.04.